The summed E-state index contributed by atoms with van der Waals surface area (Å²) in [6, 6.07) is 0. The summed E-state index contributed by atoms with van der Waals surface area (Å²) in [5.41, 5.74) is -0.976. The van der Waals surface area contributed by atoms with Crippen LogP contribution >= 0.6 is 0 Å². The number of anilines is 1. The van der Waals surface area contributed by atoms with Crippen LogP contribution in [0, 0.1) is 0 Å². The van der Waals surface area contributed by atoms with E-state index in [9.17, 15) is 9.59 Å². The molecule has 0 spiro atoms. The Labute approximate surface area is 79.2 Å². The Balaban J connectivity index is 2.56. The van der Waals surface area contributed by atoms with Crippen molar-refractivity contribution in [1.29, 1.82) is 0 Å². The number of fused-ring (bicyclic) bond motifs is 1. The maximum absolute atomic E-state index is 11.2. The molecule has 1 aliphatic heterocycles. The van der Waals surface area contributed by atoms with Crippen molar-refractivity contribution in [2.75, 3.05) is 11.9 Å². The third kappa shape index (κ3) is 1.34. The predicted molar refractivity (Wildman–Crippen MR) is 48.6 cm³/mol. The summed E-state index contributed by atoms with van der Waals surface area (Å²) in [7, 11) is 0. The molecule has 1 aliphatic rings. The molecule has 0 bridgehead atoms. The number of rotatable bonds is 1. The van der Waals surface area contributed by atoms with Crippen molar-refractivity contribution in [3.05, 3.63) is 22.1 Å². The number of aromatic carboxylic acids is 1. The van der Waals surface area contributed by atoms with E-state index in [2.05, 4.69) is 10.3 Å². The number of nitrogens with zero attached hydrogens (tertiary/aromatic N) is 2. The molecule has 0 aromatic carbocycles. The van der Waals surface area contributed by atoms with E-state index in [1.54, 1.807) is 4.57 Å². The molecule has 6 nitrogen and oxygen atoms in total. The Kier molecular flexibility index (Phi) is 1.95. The Hall–Kier alpha value is -1.85. The highest BCUT2D eigenvalue weighted by Gasteiger charge is 2.15. The highest BCUT2D eigenvalue weighted by molar-refractivity contribution is 5.86. The van der Waals surface area contributed by atoms with Gasteiger partial charge in [-0.05, 0) is 6.42 Å². The minimum absolute atomic E-state index is 0.280. The molecule has 2 rings (SSSR count). The Bertz CT molecular complexity index is 438. The van der Waals surface area contributed by atoms with E-state index in [-0.39, 0.29) is 5.56 Å². The van der Waals surface area contributed by atoms with Crippen molar-refractivity contribution in [3.8, 4) is 0 Å². The second kappa shape index (κ2) is 3.13. The monoisotopic (exact) mass is 195 g/mol. The van der Waals surface area contributed by atoms with Crippen LogP contribution in [0.5, 0.6) is 0 Å². The average molecular weight is 195 g/mol. The summed E-state index contributed by atoms with van der Waals surface area (Å²) in [5.74, 6) is -0.783. The van der Waals surface area contributed by atoms with E-state index in [1.807, 2.05) is 0 Å². The lowest BCUT2D eigenvalue weighted by molar-refractivity contribution is 0.0694. The van der Waals surface area contributed by atoms with E-state index in [0.29, 0.717) is 12.5 Å². The van der Waals surface area contributed by atoms with Crippen molar-refractivity contribution in [3.63, 3.8) is 0 Å². The lowest BCUT2D eigenvalue weighted by Gasteiger charge is -2.18. The van der Waals surface area contributed by atoms with E-state index < -0.39 is 11.5 Å². The summed E-state index contributed by atoms with van der Waals surface area (Å²) in [6.07, 6.45) is 2.23. The van der Waals surface area contributed by atoms with Crippen LogP contribution in [0.25, 0.3) is 0 Å². The first kappa shape index (κ1) is 8.74. The number of nitrogens with one attached hydrogen (secondary N) is 1. The van der Waals surface area contributed by atoms with Crippen molar-refractivity contribution in [2.24, 2.45) is 0 Å². The molecular formula is C8H9N3O3. The molecule has 0 fully saturated rings. The molecule has 1 aromatic heterocycles. The lowest BCUT2D eigenvalue weighted by atomic mass is 10.3. The Morgan fingerprint density at radius 1 is 1.64 bits per heavy atom. The largest absolute Gasteiger partial charge is 0.477 e. The molecule has 74 valence electrons. The molecular weight excluding hydrogens is 186 g/mol. The third-order valence-electron chi connectivity index (χ3n) is 2.08. The molecule has 6 heteroatoms. The fraction of sp³-hybridized carbons (Fsp3) is 0.375. The predicted octanol–water partition coefficient (Wildman–Crippen LogP) is -0.243. The molecule has 2 N–H and O–H groups in total. The van der Waals surface area contributed by atoms with Crippen molar-refractivity contribution in [2.45, 2.75) is 13.0 Å². The van der Waals surface area contributed by atoms with Gasteiger partial charge >= 0.3 is 5.97 Å². The van der Waals surface area contributed by atoms with Crippen LogP contribution in [0.3, 0.4) is 0 Å². The van der Waals surface area contributed by atoms with E-state index in [1.165, 1.54) is 6.20 Å². The standard InChI is InChI=1S/C8H9N3O3/c12-6-5(7(13)14)4-11-3-1-2-9-8(11)10-6/h4H,1-3H2,(H,13,14)(H,9,10,12). The normalized spacial score (nSPS) is 14.3. The zero-order valence-electron chi connectivity index (χ0n) is 7.36. The number of hydrogen-bond acceptors (Lipinski definition) is 4. The van der Waals surface area contributed by atoms with Gasteiger partial charge in [-0.15, -0.1) is 0 Å². The maximum atomic E-state index is 11.2. The van der Waals surface area contributed by atoms with Gasteiger partial charge in [-0.1, -0.05) is 0 Å². The summed E-state index contributed by atoms with van der Waals surface area (Å²) in [5, 5.41) is 11.6. The number of aromatic nitrogens is 2. The van der Waals surface area contributed by atoms with Gasteiger partial charge in [0.05, 0.1) is 0 Å². The van der Waals surface area contributed by atoms with Gasteiger partial charge in [-0.25, -0.2) is 4.79 Å². The van der Waals surface area contributed by atoms with Crippen molar-refractivity contribution < 1.29 is 9.90 Å². The smallest absolute Gasteiger partial charge is 0.342 e. The number of carboxylic acid groups (broad SMARTS) is 1. The fourth-order valence-electron chi connectivity index (χ4n) is 1.40. The zero-order valence-corrected chi connectivity index (χ0v) is 7.36. The van der Waals surface area contributed by atoms with E-state index >= 15 is 0 Å². The molecule has 0 amide bonds. The van der Waals surface area contributed by atoms with Crippen LogP contribution < -0.4 is 10.9 Å². The van der Waals surface area contributed by atoms with E-state index in [4.69, 9.17) is 5.11 Å². The Morgan fingerprint density at radius 3 is 3.14 bits per heavy atom. The number of aryl methyl sites for hydroxylation is 1. The van der Waals surface area contributed by atoms with Crippen LogP contribution in [0.4, 0.5) is 5.95 Å². The molecule has 0 radical (unpaired) electrons. The second-order valence-corrected chi connectivity index (χ2v) is 3.06. The summed E-state index contributed by atoms with van der Waals surface area (Å²) < 4.78 is 1.65. The van der Waals surface area contributed by atoms with Crippen LogP contribution in [-0.2, 0) is 6.54 Å². The summed E-state index contributed by atoms with van der Waals surface area (Å²) in [6.45, 7) is 1.45. The minimum Gasteiger partial charge on any atom is -0.477 e. The maximum Gasteiger partial charge on any atom is 0.342 e. The number of hydrogen-bond donors (Lipinski definition) is 2. The highest BCUT2D eigenvalue weighted by Crippen LogP contribution is 2.09. The minimum atomic E-state index is -1.23. The number of carbonyl (C=O) groups is 1. The van der Waals surface area contributed by atoms with Gasteiger partial charge in [0.2, 0.25) is 5.95 Å². The second-order valence-electron chi connectivity index (χ2n) is 3.06. The Morgan fingerprint density at radius 2 is 2.43 bits per heavy atom. The van der Waals surface area contributed by atoms with Gasteiger partial charge in [0.1, 0.15) is 5.56 Å². The van der Waals surface area contributed by atoms with Crippen LogP contribution in [0.1, 0.15) is 16.8 Å². The van der Waals surface area contributed by atoms with Crippen LogP contribution in [-0.4, -0.2) is 27.2 Å². The highest BCUT2D eigenvalue weighted by atomic mass is 16.4. The molecule has 14 heavy (non-hydrogen) atoms. The first-order chi connectivity index (χ1) is 6.68. The molecule has 0 saturated carbocycles. The van der Waals surface area contributed by atoms with E-state index in [0.717, 1.165) is 13.0 Å². The zero-order chi connectivity index (χ0) is 10.1. The van der Waals surface area contributed by atoms with Crippen LogP contribution in [0.15, 0.2) is 11.0 Å². The molecule has 1 aromatic rings. The van der Waals surface area contributed by atoms with Crippen molar-refractivity contribution >= 4 is 11.9 Å². The fourth-order valence-corrected chi connectivity index (χ4v) is 1.40. The lowest BCUT2D eigenvalue weighted by Crippen LogP contribution is -2.27. The summed E-state index contributed by atoms with van der Waals surface area (Å²) >= 11 is 0. The number of carboxylic acids is 1. The third-order valence-corrected chi connectivity index (χ3v) is 2.08. The van der Waals surface area contributed by atoms with Gasteiger partial charge in [0.15, 0.2) is 0 Å². The first-order valence-corrected chi connectivity index (χ1v) is 4.27. The molecule has 0 atom stereocenters. The summed E-state index contributed by atoms with van der Waals surface area (Å²) in [4.78, 5) is 25.5. The molecule has 0 aliphatic carbocycles. The van der Waals surface area contributed by atoms with Crippen LogP contribution in [0.2, 0.25) is 0 Å². The van der Waals surface area contributed by atoms with Gasteiger partial charge in [-0.2, -0.15) is 4.98 Å². The first-order valence-electron chi connectivity index (χ1n) is 4.27. The topological polar surface area (TPSA) is 84.2 Å². The average Bonchev–Trinajstić information content (AvgIpc) is 2.16. The van der Waals surface area contributed by atoms with Gasteiger partial charge in [0, 0.05) is 19.3 Å². The SMILES string of the molecule is O=C(O)c1cn2c(nc1=O)NCCC2. The van der Waals surface area contributed by atoms with Gasteiger partial charge in [0.25, 0.3) is 5.56 Å². The van der Waals surface area contributed by atoms with Gasteiger partial charge in [-0.3, -0.25) is 4.79 Å². The quantitative estimate of drug-likeness (QED) is 0.645. The molecule has 2 heterocycles. The molecule has 0 unspecified atom stereocenters. The van der Waals surface area contributed by atoms with Gasteiger partial charge < -0.3 is 15.0 Å². The molecule has 0 saturated heterocycles. The van der Waals surface area contributed by atoms with Crippen molar-refractivity contribution in [1.82, 2.24) is 9.55 Å².